The number of anilines is 2. The number of amides is 2. The van der Waals surface area contributed by atoms with Crippen LogP contribution in [-0.4, -0.2) is 53.6 Å². The number of hydrogen-bond acceptors (Lipinski definition) is 7. The molecule has 0 saturated carbocycles. The van der Waals surface area contributed by atoms with E-state index in [0.717, 1.165) is 17.9 Å². The summed E-state index contributed by atoms with van der Waals surface area (Å²) in [6, 6.07) is 6.06. The summed E-state index contributed by atoms with van der Waals surface area (Å²) in [4.78, 5) is 37.1. The first-order chi connectivity index (χ1) is 17.3. The molecule has 0 unspecified atom stereocenters. The number of rotatable bonds is 8. The zero-order chi connectivity index (χ0) is 25.8. The molecule has 2 amide bonds. The molecule has 0 radical (unpaired) electrons. The Balaban J connectivity index is 1.59. The van der Waals surface area contributed by atoms with Gasteiger partial charge in [0.2, 0.25) is 0 Å². The lowest BCUT2D eigenvalue weighted by atomic mass is 10.1. The quantitative estimate of drug-likeness (QED) is 0.312. The average molecular weight is 587 g/mol. The molecule has 2 N–H and O–H groups in total. The van der Waals surface area contributed by atoms with E-state index in [2.05, 4.69) is 20.6 Å². The Morgan fingerprint density at radius 2 is 1.94 bits per heavy atom. The number of aliphatic imine (C=N–C) groups is 1. The van der Waals surface area contributed by atoms with Crippen LogP contribution in [0.15, 0.2) is 40.8 Å². The molecule has 1 aromatic carbocycles. The number of thiophene rings is 1. The number of hydrogen-bond donors (Lipinski definition) is 2. The molecule has 0 fully saturated rings. The van der Waals surface area contributed by atoms with Crippen molar-refractivity contribution in [1.29, 1.82) is 0 Å². The lowest BCUT2D eigenvalue weighted by Gasteiger charge is -2.18. The van der Waals surface area contributed by atoms with Crippen LogP contribution < -0.4 is 15.4 Å². The van der Waals surface area contributed by atoms with Crippen LogP contribution in [0, 0.1) is 0 Å². The van der Waals surface area contributed by atoms with Crippen LogP contribution in [0.2, 0.25) is 15.1 Å². The molecule has 1 aliphatic rings. The van der Waals surface area contributed by atoms with Crippen LogP contribution in [0.3, 0.4) is 0 Å². The molecule has 0 atom stereocenters. The van der Waals surface area contributed by atoms with Crippen LogP contribution in [0.25, 0.3) is 0 Å². The van der Waals surface area contributed by atoms with Gasteiger partial charge in [0.05, 0.1) is 40.8 Å². The second-order valence-corrected chi connectivity index (χ2v) is 9.96. The number of pyridine rings is 1. The third kappa shape index (κ3) is 5.87. The second kappa shape index (κ2) is 11.7. The average Bonchev–Trinajstić information content (AvgIpc) is 3.47. The summed E-state index contributed by atoms with van der Waals surface area (Å²) in [7, 11) is 1.41. The number of nitrogens with one attached hydrogen (secondary N) is 2. The first-order valence-corrected chi connectivity index (χ1v) is 13.1. The Morgan fingerprint density at radius 3 is 2.64 bits per heavy atom. The fourth-order valence-electron chi connectivity index (χ4n) is 3.53. The highest BCUT2D eigenvalue weighted by Gasteiger charge is 2.25. The molecule has 188 valence electrons. The Bertz CT molecular complexity index is 1330. The Morgan fingerprint density at radius 1 is 1.14 bits per heavy atom. The van der Waals surface area contributed by atoms with Gasteiger partial charge in [-0.1, -0.05) is 34.8 Å². The SMILES string of the molecule is COc1cc(Cl)cc(C(=O)Nc2ccc(Cl)cn2)c1NC(=O)c1scc(CN2CCN=C2CCl)c1Cl. The maximum absolute atomic E-state index is 13.2. The summed E-state index contributed by atoms with van der Waals surface area (Å²) in [5.74, 6) is 0.527. The van der Waals surface area contributed by atoms with Crippen LogP contribution >= 0.6 is 57.7 Å². The van der Waals surface area contributed by atoms with Crippen molar-refractivity contribution in [2.45, 2.75) is 6.54 Å². The maximum atomic E-state index is 13.2. The smallest absolute Gasteiger partial charge is 0.267 e. The van der Waals surface area contributed by atoms with Crippen molar-refractivity contribution >= 4 is 86.9 Å². The number of benzene rings is 1. The van der Waals surface area contributed by atoms with Gasteiger partial charge >= 0.3 is 0 Å². The van der Waals surface area contributed by atoms with Gasteiger partial charge in [0.1, 0.15) is 22.3 Å². The van der Waals surface area contributed by atoms with Gasteiger partial charge in [0, 0.05) is 35.9 Å². The van der Waals surface area contributed by atoms with Crippen molar-refractivity contribution in [3.63, 3.8) is 0 Å². The standard InChI is InChI=1S/C23H19Cl4N5O3S/c1-35-16-7-14(26)6-15(22(33)30-17-3-2-13(25)9-29-17)20(16)31-23(34)21-19(27)12(11-36-21)10-32-5-4-28-18(32)8-24/h2-3,6-7,9,11H,4-5,8,10H2,1H3,(H,31,34)(H,29,30,33). The minimum absolute atomic E-state index is 0.0809. The number of carbonyl (C=O) groups is 2. The predicted octanol–water partition coefficient (Wildman–Crippen LogP) is 6.07. The van der Waals surface area contributed by atoms with Crippen LogP contribution in [-0.2, 0) is 6.54 Å². The monoisotopic (exact) mass is 585 g/mol. The molecule has 0 bridgehead atoms. The van der Waals surface area contributed by atoms with Gasteiger partial charge in [-0.25, -0.2) is 4.98 Å². The van der Waals surface area contributed by atoms with Gasteiger partial charge in [0.15, 0.2) is 0 Å². The summed E-state index contributed by atoms with van der Waals surface area (Å²) in [6.45, 7) is 1.89. The van der Waals surface area contributed by atoms with E-state index in [9.17, 15) is 9.59 Å². The van der Waals surface area contributed by atoms with Crippen LogP contribution in [0.5, 0.6) is 5.75 Å². The number of aromatic nitrogens is 1. The summed E-state index contributed by atoms with van der Waals surface area (Å²) < 4.78 is 5.39. The van der Waals surface area contributed by atoms with Crippen molar-refractivity contribution in [1.82, 2.24) is 9.88 Å². The van der Waals surface area contributed by atoms with Gasteiger partial charge in [-0.3, -0.25) is 14.6 Å². The van der Waals surface area contributed by atoms with Gasteiger partial charge in [-0.2, -0.15) is 0 Å². The number of nitrogens with zero attached hydrogens (tertiary/aromatic N) is 3. The highest BCUT2D eigenvalue weighted by molar-refractivity contribution is 7.13. The normalized spacial score (nSPS) is 12.9. The molecule has 4 rings (SSSR count). The summed E-state index contributed by atoms with van der Waals surface area (Å²) in [6.07, 6.45) is 1.40. The lowest BCUT2D eigenvalue weighted by molar-refractivity contribution is 0.102. The molecule has 2 aromatic heterocycles. The minimum atomic E-state index is -0.555. The third-order valence-electron chi connectivity index (χ3n) is 5.26. The zero-order valence-corrected chi connectivity index (χ0v) is 22.6. The van der Waals surface area contributed by atoms with Crippen molar-refractivity contribution < 1.29 is 14.3 Å². The van der Waals surface area contributed by atoms with Crippen molar-refractivity contribution in [3.05, 3.63) is 66.9 Å². The van der Waals surface area contributed by atoms with E-state index in [0.29, 0.717) is 29.0 Å². The van der Waals surface area contributed by atoms with Gasteiger partial charge < -0.3 is 20.3 Å². The van der Waals surface area contributed by atoms with Gasteiger partial charge in [-0.05, 0) is 23.6 Å². The lowest BCUT2D eigenvalue weighted by Crippen LogP contribution is -2.28. The molecule has 3 aromatic rings. The summed E-state index contributed by atoms with van der Waals surface area (Å²) in [5.41, 5.74) is 0.999. The van der Waals surface area contributed by atoms with Gasteiger partial charge in [0.25, 0.3) is 11.8 Å². The number of halogens is 4. The highest BCUT2D eigenvalue weighted by Crippen LogP contribution is 2.35. The van der Waals surface area contributed by atoms with Crippen LogP contribution in [0.4, 0.5) is 11.5 Å². The molecule has 1 aliphatic heterocycles. The summed E-state index contributed by atoms with van der Waals surface area (Å²) >= 11 is 25.8. The molecule has 13 heteroatoms. The molecule has 36 heavy (non-hydrogen) atoms. The van der Waals surface area contributed by atoms with E-state index in [1.165, 1.54) is 36.8 Å². The largest absolute Gasteiger partial charge is 0.494 e. The van der Waals surface area contributed by atoms with Crippen molar-refractivity contribution in [2.75, 3.05) is 36.7 Å². The van der Waals surface area contributed by atoms with Crippen molar-refractivity contribution in [3.8, 4) is 5.75 Å². The number of carbonyl (C=O) groups excluding carboxylic acids is 2. The first-order valence-electron chi connectivity index (χ1n) is 10.5. The van der Waals surface area contributed by atoms with Crippen LogP contribution in [0.1, 0.15) is 25.6 Å². The van der Waals surface area contributed by atoms with Crippen molar-refractivity contribution in [2.24, 2.45) is 4.99 Å². The predicted molar refractivity (Wildman–Crippen MR) is 146 cm³/mol. The molecule has 0 spiro atoms. The Hall–Kier alpha value is -2.56. The minimum Gasteiger partial charge on any atom is -0.494 e. The fraction of sp³-hybridized carbons (Fsp3) is 0.217. The Labute approximate surface area is 231 Å². The number of alkyl halides is 1. The van der Waals surface area contributed by atoms with Gasteiger partial charge in [-0.15, -0.1) is 22.9 Å². The number of amidine groups is 1. The molecular weight excluding hydrogens is 568 g/mol. The third-order valence-corrected chi connectivity index (χ3v) is 7.51. The number of methoxy groups -OCH3 is 1. The first kappa shape index (κ1) is 26.5. The molecular formula is C23H19Cl4N5O3S. The second-order valence-electron chi connectivity index (χ2n) is 7.56. The van der Waals surface area contributed by atoms with E-state index >= 15 is 0 Å². The molecule has 0 aliphatic carbocycles. The topological polar surface area (TPSA) is 95.9 Å². The van der Waals surface area contributed by atoms with E-state index < -0.39 is 11.8 Å². The number of ether oxygens (including phenoxy) is 1. The highest BCUT2D eigenvalue weighted by atomic mass is 35.5. The van der Waals surface area contributed by atoms with E-state index in [1.54, 1.807) is 12.1 Å². The summed E-state index contributed by atoms with van der Waals surface area (Å²) in [5, 5.41) is 8.23. The molecule has 8 nitrogen and oxygen atoms in total. The van der Waals surface area contributed by atoms with E-state index in [-0.39, 0.29) is 32.7 Å². The van der Waals surface area contributed by atoms with E-state index in [1.807, 2.05) is 10.3 Å². The fourth-order valence-corrected chi connectivity index (χ4v) is 5.34. The Kier molecular flexibility index (Phi) is 8.58. The maximum Gasteiger partial charge on any atom is 0.267 e. The molecule has 0 saturated heterocycles. The molecule has 3 heterocycles. The zero-order valence-electron chi connectivity index (χ0n) is 18.8. The van der Waals surface area contributed by atoms with E-state index in [4.69, 9.17) is 51.1 Å².